The van der Waals surface area contributed by atoms with Crippen LogP contribution in [-0.4, -0.2) is 34.6 Å². The van der Waals surface area contributed by atoms with Crippen molar-refractivity contribution in [1.29, 1.82) is 0 Å². The monoisotopic (exact) mass is 255 g/mol. The number of nitrogens with two attached hydrogens (primary N) is 1. The van der Waals surface area contributed by atoms with Gasteiger partial charge in [-0.3, -0.25) is 10.1 Å². The molecule has 1 aromatic heterocycles. The molecule has 18 heavy (non-hydrogen) atoms. The summed E-state index contributed by atoms with van der Waals surface area (Å²) in [4.78, 5) is 18.0. The van der Waals surface area contributed by atoms with E-state index in [0.717, 1.165) is 12.8 Å². The van der Waals surface area contributed by atoms with Crippen LogP contribution >= 0.6 is 0 Å². The van der Waals surface area contributed by atoms with Crippen LogP contribution in [0.2, 0.25) is 0 Å². The molecule has 0 aliphatic heterocycles. The van der Waals surface area contributed by atoms with Crippen molar-refractivity contribution in [3.05, 3.63) is 16.4 Å². The molecule has 0 aromatic carbocycles. The quantitative estimate of drug-likeness (QED) is 0.549. The van der Waals surface area contributed by atoms with Crippen molar-refractivity contribution in [3.63, 3.8) is 0 Å². The Labute approximate surface area is 105 Å². The Morgan fingerprint density at radius 3 is 2.83 bits per heavy atom. The Kier molecular flexibility index (Phi) is 5.25. The van der Waals surface area contributed by atoms with E-state index in [1.165, 1.54) is 13.4 Å². The molecule has 0 saturated carbocycles. The second-order valence-corrected chi connectivity index (χ2v) is 3.70. The minimum atomic E-state index is -0.569. The van der Waals surface area contributed by atoms with Gasteiger partial charge in [0.25, 0.3) is 5.88 Å². The maximum atomic E-state index is 11.0. The molecule has 0 fully saturated rings. The lowest BCUT2D eigenvalue weighted by molar-refractivity contribution is -0.385. The summed E-state index contributed by atoms with van der Waals surface area (Å²) in [5.41, 5.74) is 5.33. The molecule has 0 amide bonds. The molecule has 3 N–H and O–H groups in total. The van der Waals surface area contributed by atoms with Gasteiger partial charge in [0.15, 0.2) is 0 Å². The van der Waals surface area contributed by atoms with Gasteiger partial charge < -0.3 is 15.8 Å². The zero-order valence-corrected chi connectivity index (χ0v) is 10.4. The summed E-state index contributed by atoms with van der Waals surface area (Å²) in [6.07, 6.45) is 2.94. The van der Waals surface area contributed by atoms with Crippen LogP contribution in [0.25, 0.3) is 0 Å². The number of nitrogens with zero attached hydrogens (tertiary/aromatic N) is 3. The molecule has 0 bridgehead atoms. The molecule has 1 aromatic rings. The second-order valence-electron chi connectivity index (χ2n) is 3.70. The van der Waals surface area contributed by atoms with Crippen molar-refractivity contribution in [1.82, 2.24) is 9.97 Å². The summed E-state index contributed by atoms with van der Waals surface area (Å²) in [5, 5.41) is 14.0. The molecule has 0 saturated heterocycles. The summed E-state index contributed by atoms with van der Waals surface area (Å²) in [6, 6.07) is -0.0618. The number of hydrogen-bond acceptors (Lipinski definition) is 7. The first-order valence-electron chi connectivity index (χ1n) is 5.64. The van der Waals surface area contributed by atoms with Crippen LogP contribution in [0, 0.1) is 10.1 Å². The lowest BCUT2D eigenvalue weighted by Gasteiger charge is -2.16. The van der Waals surface area contributed by atoms with Crippen LogP contribution in [0.1, 0.15) is 19.8 Å². The summed E-state index contributed by atoms with van der Waals surface area (Å²) >= 11 is 0. The van der Waals surface area contributed by atoms with Gasteiger partial charge in [-0.25, -0.2) is 4.98 Å². The molecule has 0 radical (unpaired) electrons. The van der Waals surface area contributed by atoms with Crippen LogP contribution in [-0.2, 0) is 0 Å². The van der Waals surface area contributed by atoms with Crippen LogP contribution in [0.5, 0.6) is 5.88 Å². The van der Waals surface area contributed by atoms with Gasteiger partial charge in [-0.05, 0) is 6.42 Å². The zero-order valence-electron chi connectivity index (χ0n) is 10.4. The molecular weight excluding hydrogens is 238 g/mol. The van der Waals surface area contributed by atoms with Crippen molar-refractivity contribution in [3.8, 4) is 5.88 Å². The van der Waals surface area contributed by atoms with Gasteiger partial charge in [-0.15, -0.1) is 0 Å². The van der Waals surface area contributed by atoms with Crippen LogP contribution in [0.3, 0.4) is 0 Å². The Morgan fingerprint density at radius 1 is 1.61 bits per heavy atom. The molecule has 1 unspecified atom stereocenters. The van der Waals surface area contributed by atoms with Crippen LogP contribution in [0.15, 0.2) is 6.33 Å². The summed E-state index contributed by atoms with van der Waals surface area (Å²) in [5.74, 6) is 0.0699. The third-order valence-electron chi connectivity index (χ3n) is 2.43. The SMILES string of the molecule is CCCC(CN)Nc1ncnc(OC)c1[N+](=O)[O-]. The third-order valence-corrected chi connectivity index (χ3v) is 2.43. The lowest BCUT2D eigenvalue weighted by Crippen LogP contribution is -2.29. The van der Waals surface area contributed by atoms with Crippen molar-refractivity contribution >= 4 is 11.5 Å². The highest BCUT2D eigenvalue weighted by Gasteiger charge is 2.25. The largest absolute Gasteiger partial charge is 0.476 e. The topological polar surface area (TPSA) is 116 Å². The number of nitro groups is 1. The number of rotatable bonds is 7. The highest BCUT2D eigenvalue weighted by molar-refractivity contribution is 5.61. The van der Waals surface area contributed by atoms with Crippen LogP contribution < -0.4 is 15.8 Å². The summed E-state index contributed by atoms with van der Waals surface area (Å²) in [7, 11) is 1.32. The molecule has 100 valence electrons. The Hall–Kier alpha value is -1.96. The highest BCUT2D eigenvalue weighted by Crippen LogP contribution is 2.30. The first-order valence-corrected chi connectivity index (χ1v) is 5.64. The van der Waals surface area contributed by atoms with Crippen molar-refractivity contribution in [2.45, 2.75) is 25.8 Å². The standard InChI is InChI=1S/C10H17N5O3/c1-3-4-7(5-11)14-9-8(15(16)17)10(18-2)13-6-12-9/h6-7H,3-5,11H2,1-2H3,(H,12,13,14). The number of methoxy groups -OCH3 is 1. The molecule has 0 aliphatic rings. The minimum Gasteiger partial charge on any atom is -0.476 e. The minimum absolute atomic E-state index is 0.0618. The van der Waals surface area contributed by atoms with E-state index in [1.54, 1.807) is 0 Å². The highest BCUT2D eigenvalue weighted by atomic mass is 16.6. The normalized spacial score (nSPS) is 11.9. The van der Waals surface area contributed by atoms with Gasteiger partial charge in [0.1, 0.15) is 6.33 Å². The fourth-order valence-electron chi connectivity index (χ4n) is 1.57. The molecule has 8 nitrogen and oxygen atoms in total. The fourth-order valence-corrected chi connectivity index (χ4v) is 1.57. The van der Waals surface area contributed by atoms with E-state index in [9.17, 15) is 10.1 Å². The van der Waals surface area contributed by atoms with E-state index in [4.69, 9.17) is 10.5 Å². The Morgan fingerprint density at radius 2 is 2.33 bits per heavy atom. The molecule has 8 heteroatoms. The van der Waals surface area contributed by atoms with E-state index in [1.807, 2.05) is 6.92 Å². The number of aromatic nitrogens is 2. The molecule has 1 atom stereocenters. The van der Waals surface area contributed by atoms with E-state index < -0.39 is 4.92 Å². The maximum absolute atomic E-state index is 11.0. The lowest BCUT2D eigenvalue weighted by atomic mass is 10.1. The third kappa shape index (κ3) is 3.27. The molecule has 1 rings (SSSR count). The first kappa shape index (κ1) is 14.1. The van der Waals surface area contributed by atoms with Gasteiger partial charge in [0.05, 0.1) is 12.0 Å². The molecule has 1 heterocycles. The van der Waals surface area contributed by atoms with Gasteiger partial charge in [0.2, 0.25) is 5.82 Å². The second kappa shape index (κ2) is 6.70. The van der Waals surface area contributed by atoms with Crippen molar-refractivity contribution in [2.75, 3.05) is 19.0 Å². The van der Waals surface area contributed by atoms with E-state index in [0.29, 0.717) is 6.54 Å². The smallest absolute Gasteiger partial charge is 0.372 e. The maximum Gasteiger partial charge on any atom is 0.372 e. The van der Waals surface area contributed by atoms with Gasteiger partial charge in [-0.2, -0.15) is 4.98 Å². The Bertz CT molecular complexity index is 412. The van der Waals surface area contributed by atoms with Gasteiger partial charge in [-0.1, -0.05) is 13.3 Å². The first-order chi connectivity index (χ1) is 8.63. The number of nitrogens with one attached hydrogen (secondary N) is 1. The average molecular weight is 255 g/mol. The van der Waals surface area contributed by atoms with Crippen LogP contribution in [0.4, 0.5) is 11.5 Å². The van der Waals surface area contributed by atoms with E-state index >= 15 is 0 Å². The van der Waals surface area contributed by atoms with Crippen molar-refractivity contribution < 1.29 is 9.66 Å². The molecule has 0 aliphatic carbocycles. The van der Waals surface area contributed by atoms with Gasteiger partial charge >= 0.3 is 5.69 Å². The van der Waals surface area contributed by atoms with Gasteiger partial charge in [0, 0.05) is 12.6 Å². The average Bonchev–Trinajstić information content (AvgIpc) is 2.37. The Balaban J connectivity index is 3.03. The molecular formula is C10H17N5O3. The summed E-state index contributed by atoms with van der Waals surface area (Å²) in [6.45, 7) is 2.39. The number of hydrogen-bond donors (Lipinski definition) is 2. The zero-order chi connectivity index (χ0) is 13.5. The van der Waals surface area contributed by atoms with E-state index in [-0.39, 0.29) is 23.4 Å². The predicted molar refractivity (Wildman–Crippen MR) is 66.6 cm³/mol. The van der Waals surface area contributed by atoms with Crippen molar-refractivity contribution in [2.24, 2.45) is 5.73 Å². The molecule has 0 spiro atoms. The number of anilines is 1. The number of ether oxygens (including phenoxy) is 1. The fraction of sp³-hybridized carbons (Fsp3) is 0.600. The summed E-state index contributed by atoms with van der Waals surface area (Å²) < 4.78 is 4.86. The predicted octanol–water partition coefficient (Wildman–Crippen LogP) is 0.933. The van der Waals surface area contributed by atoms with E-state index in [2.05, 4.69) is 15.3 Å².